The summed E-state index contributed by atoms with van der Waals surface area (Å²) in [6, 6.07) is 6.52. The Balaban J connectivity index is 2.42. The molecule has 0 amide bonds. The van der Waals surface area contributed by atoms with E-state index in [1.807, 2.05) is 0 Å². The van der Waals surface area contributed by atoms with Crippen molar-refractivity contribution in [1.82, 2.24) is 4.98 Å². The first-order valence-electron chi connectivity index (χ1n) is 5.84. The molecule has 0 fully saturated rings. The highest BCUT2D eigenvalue weighted by Crippen LogP contribution is 2.33. The average molecular weight is 345 g/mol. The Labute approximate surface area is 123 Å². The number of alkyl halides is 3. The van der Waals surface area contributed by atoms with Crippen molar-refractivity contribution in [3.63, 3.8) is 0 Å². The minimum absolute atomic E-state index is 0.491. The number of aryl methyl sites for hydroxylation is 1. The van der Waals surface area contributed by atoms with Gasteiger partial charge in [0.25, 0.3) is 0 Å². The normalized spacial score (nSPS) is 13.3. The van der Waals surface area contributed by atoms with E-state index in [9.17, 15) is 13.2 Å². The number of benzene rings is 1. The fourth-order valence-corrected chi connectivity index (χ4v) is 2.48. The molecule has 1 atom stereocenters. The van der Waals surface area contributed by atoms with Gasteiger partial charge in [-0.05, 0) is 58.2 Å². The van der Waals surface area contributed by atoms with Crippen molar-refractivity contribution in [3.8, 4) is 0 Å². The van der Waals surface area contributed by atoms with Crippen molar-refractivity contribution >= 4 is 15.9 Å². The summed E-state index contributed by atoms with van der Waals surface area (Å²) in [4.78, 5) is 4.17. The predicted molar refractivity (Wildman–Crippen MR) is 74.1 cm³/mol. The van der Waals surface area contributed by atoms with E-state index >= 15 is 0 Å². The summed E-state index contributed by atoms with van der Waals surface area (Å²) in [5.74, 6) is 0. The number of aromatic nitrogens is 1. The molecule has 0 aliphatic carbocycles. The summed E-state index contributed by atoms with van der Waals surface area (Å²) >= 11 is 3.34. The van der Waals surface area contributed by atoms with Gasteiger partial charge in [0.2, 0.25) is 0 Å². The van der Waals surface area contributed by atoms with Gasteiger partial charge in [0.1, 0.15) is 0 Å². The number of hydrogen-bond donors (Lipinski definition) is 1. The maximum Gasteiger partial charge on any atom is 0.416 e. The van der Waals surface area contributed by atoms with E-state index < -0.39 is 17.8 Å². The molecule has 2 nitrogen and oxygen atoms in total. The van der Waals surface area contributed by atoms with Crippen LogP contribution in [0.25, 0.3) is 0 Å². The standard InChI is InChI=1S/C14H12BrF3N2/c1-8-7-9(14(16,17)18)4-5-10(8)12(19)13-11(15)3-2-6-20-13/h2-7,12H,19H2,1H3. The van der Waals surface area contributed by atoms with Gasteiger partial charge in [0.05, 0.1) is 17.3 Å². The quantitative estimate of drug-likeness (QED) is 0.885. The fraction of sp³-hybridized carbons (Fsp3) is 0.214. The lowest BCUT2D eigenvalue weighted by molar-refractivity contribution is -0.137. The van der Waals surface area contributed by atoms with Crippen LogP contribution >= 0.6 is 15.9 Å². The molecule has 6 heteroatoms. The molecular weight excluding hydrogens is 333 g/mol. The highest BCUT2D eigenvalue weighted by Gasteiger charge is 2.31. The molecule has 1 unspecified atom stereocenters. The lowest BCUT2D eigenvalue weighted by Gasteiger charge is -2.17. The van der Waals surface area contributed by atoms with E-state index in [2.05, 4.69) is 20.9 Å². The molecule has 1 aromatic heterocycles. The second-order valence-corrected chi connectivity index (χ2v) is 5.27. The monoisotopic (exact) mass is 344 g/mol. The number of halogens is 4. The molecular formula is C14H12BrF3N2. The van der Waals surface area contributed by atoms with Crippen molar-refractivity contribution in [2.45, 2.75) is 19.1 Å². The third-order valence-electron chi connectivity index (χ3n) is 3.01. The Morgan fingerprint density at radius 1 is 1.25 bits per heavy atom. The molecule has 0 saturated heterocycles. The summed E-state index contributed by atoms with van der Waals surface area (Å²) in [7, 11) is 0. The first kappa shape index (κ1) is 15.0. The lowest BCUT2D eigenvalue weighted by atomic mass is 9.97. The number of hydrogen-bond acceptors (Lipinski definition) is 2. The van der Waals surface area contributed by atoms with Gasteiger partial charge in [-0.2, -0.15) is 13.2 Å². The molecule has 106 valence electrons. The third kappa shape index (κ3) is 3.02. The topological polar surface area (TPSA) is 38.9 Å². The van der Waals surface area contributed by atoms with Crippen LogP contribution in [0, 0.1) is 6.92 Å². The van der Waals surface area contributed by atoms with Crippen LogP contribution in [-0.4, -0.2) is 4.98 Å². The molecule has 0 aliphatic heterocycles. The Morgan fingerprint density at radius 3 is 2.50 bits per heavy atom. The summed E-state index contributed by atoms with van der Waals surface area (Å²) in [5.41, 5.74) is 7.13. The first-order valence-corrected chi connectivity index (χ1v) is 6.63. The minimum atomic E-state index is -4.35. The summed E-state index contributed by atoms with van der Waals surface area (Å²) in [6.07, 6.45) is -2.75. The highest BCUT2D eigenvalue weighted by atomic mass is 79.9. The SMILES string of the molecule is Cc1cc(C(F)(F)F)ccc1C(N)c1ncccc1Br. The summed E-state index contributed by atoms with van der Waals surface area (Å²) in [5, 5.41) is 0. The van der Waals surface area contributed by atoms with Gasteiger partial charge in [-0.3, -0.25) is 4.98 Å². The molecule has 0 bridgehead atoms. The fourth-order valence-electron chi connectivity index (χ4n) is 1.98. The smallest absolute Gasteiger partial charge is 0.319 e. The van der Waals surface area contributed by atoms with Gasteiger partial charge >= 0.3 is 6.18 Å². The lowest BCUT2D eigenvalue weighted by Crippen LogP contribution is -2.16. The first-order chi connectivity index (χ1) is 9.30. The van der Waals surface area contributed by atoms with E-state index in [4.69, 9.17) is 5.73 Å². The van der Waals surface area contributed by atoms with Crippen LogP contribution in [0.3, 0.4) is 0 Å². The van der Waals surface area contributed by atoms with Crippen LogP contribution in [0.4, 0.5) is 13.2 Å². The van der Waals surface area contributed by atoms with E-state index in [0.29, 0.717) is 16.8 Å². The Bertz CT molecular complexity index is 626. The van der Waals surface area contributed by atoms with Gasteiger partial charge in [0.15, 0.2) is 0 Å². The van der Waals surface area contributed by atoms with Gasteiger partial charge in [0, 0.05) is 10.7 Å². The number of nitrogens with zero attached hydrogens (tertiary/aromatic N) is 1. The maximum absolute atomic E-state index is 12.6. The maximum atomic E-state index is 12.6. The Hall–Kier alpha value is -1.40. The molecule has 0 radical (unpaired) electrons. The zero-order chi connectivity index (χ0) is 14.9. The molecule has 0 saturated carbocycles. The van der Waals surface area contributed by atoms with Gasteiger partial charge in [-0.15, -0.1) is 0 Å². The zero-order valence-electron chi connectivity index (χ0n) is 10.6. The van der Waals surface area contributed by atoms with E-state index in [-0.39, 0.29) is 0 Å². The molecule has 20 heavy (non-hydrogen) atoms. The second kappa shape index (κ2) is 5.54. The van der Waals surface area contributed by atoms with E-state index in [1.54, 1.807) is 25.3 Å². The van der Waals surface area contributed by atoms with Gasteiger partial charge in [-0.1, -0.05) is 6.07 Å². The van der Waals surface area contributed by atoms with Crippen molar-refractivity contribution in [2.24, 2.45) is 5.73 Å². The van der Waals surface area contributed by atoms with Crippen molar-refractivity contribution in [1.29, 1.82) is 0 Å². The van der Waals surface area contributed by atoms with Crippen LogP contribution in [0.15, 0.2) is 41.0 Å². The highest BCUT2D eigenvalue weighted by molar-refractivity contribution is 9.10. The van der Waals surface area contributed by atoms with Crippen molar-refractivity contribution < 1.29 is 13.2 Å². The minimum Gasteiger partial charge on any atom is -0.319 e. The van der Waals surface area contributed by atoms with Crippen LogP contribution in [0.5, 0.6) is 0 Å². The third-order valence-corrected chi connectivity index (χ3v) is 3.68. The molecule has 1 heterocycles. The van der Waals surface area contributed by atoms with E-state index in [0.717, 1.165) is 16.6 Å². The van der Waals surface area contributed by atoms with Crippen LogP contribution in [0.1, 0.15) is 28.4 Å². The second-order valence-electron chi connectivity index (χ2n) is 4.42. The predicted octanol–water partition coefficient (Wildman–Crippen LogP) is 4.22. The van der Waals surface area contributed by atoms with Gasteiger partial charge < -0.3 is 5.73 Å². The number of nitrogens with two attached hydrogens (primary N) is 1. The molecule has 1 aromatic carbocycles. The van der Waals surface area contributed by atoms with Crippen molar-refractivity contribution in [2.75, 3.05) is 0 Å². The number of rotatable bonds is 2. The van der Waals surface area contributed by atoms with E-state index in [1.165, 1.54) is 6.07 Å². The molecule has 0 spiro atoms. The Kier molecular flexibility index (Phi) is 4.15. The summed E-state index contributed by atoms with van der Waals surface area (Å²) < 4.78 is 38.6. The molecule has 2 N–H and O–H groups in total. The zero-order valence-corrected chi connectivity index (χ0v) is 12.2. The van der Waals surface area contributed by atoms with Gasteiger partial charge in [-0.25, -0.2) is 0 Å². The van der Waals surface area contributed by atoms with Crippen LogP contribution in [-0.2, 0) is 6.18 Å². The molecule has 0 aliphatic rings. The van der Waals surface area contributed by atoms with Crippen LogP contribution < -0.4 is 5.73 Å². The largest absolute Gasteiger partial charge is 0.416 e. The number of pyridine rings is 1. The molecule has 2 aromatic rings. The summed E-state index contributed by atoms with van der Waals surface area (Å²) in [6.45, 7) is 1.61. The Morgan fingerprint density at radius 2 is 1.95 bits per heavy atom. The average Bonchev–Trinajstić information content (AvgIpc) is 2.37. The van der Waals surface area contributed by atoms with Crippen molar-refractivity contribution in [3.05, 3.63) is 63.4 Å². The molecule has 2 rings (SSSR count). The van der Waals surface area contributed by atoms with Crippen LogP contribution in [0.2, 0.25) is 0 Å².